The van der Waals surface area contributed by atoms with E-state index in [1.54, 1.807) is 6.07 Å². The van der Waals surface area contributed by atoms with Gasteiger partial charge in [0.2, 0.25) is 0 Å². The number of benzene rings is 1. The summed E-state index contributed by atoms with van der Waals surface area (Å²) in [5.74, 6) is -0.513. The Kier molecular flexibility index (Phi) is 4.70. The van der Waals surface area contributed by atoms with E-state index in [-0.39, 0.29) is 5.69 Å². The van der Waals surface area contributed by atoms with E-state index in [0.29, 0.717) is 28.0 Å². The molecule has 1 aromatic carbocycles. The molecule has 2 unspecified atom stereocenters. The lowest BCUT2D eigenvalue weighted by Crippen LogP contribution is -2.49. The van der Waals surface area contributed by atoms with Gasteiger partial charge in [0.05, 0.1) is 4.92 Å². The fraction of sp³-hybridized carbons (Fsp3) is 0.500. The SMILES string of the molecule is CC1CCCC(Nc2ccc([N+](=O)[O-])cc2I)(C(=O)O)C1. The molecule has 0 aromatic heterocycles. The van der Waals surface area contributed by atoms with E-state index in [1.165, 1.54) is 12.1 Å². The zero-order valence-corrected chi connectivity index (χ0v) is 13.8. The molecule has 1 aliphatic rings. The average molecular weight is 404 g/mol. The first kappa shape index (κ1) is 16.0. The van der Waals surface area contributed by atoms with Gasteiger partial charge in [-0.05, 0) is 47.4 Å². The van der Waals surface area contributed by atoms with Gasteiger partial charge in [0.25, 0.3) is 5.69 Å². The minimum Gasteiger partial charge on any atom is -0.480 e. The molecular formula is C14H17IN2O4. The first-order valence-corrected chi connectivity index (χ1v) is 7.87. The Morgan fingerprint density at radius 2 is 2.29 bits per heavy atom. The van der Waals surface area contributed by atoms with Crippen LogP contribution in [0.2, 0.25) is 0 Å². The number of carboxylic acids is 1. The van der Waals surface area contributed by atoms with Crippen molar-refractivity contribution in [1.29, 1.82) is 0 Å². The van der Waals surface area contributed by atoms with Crippen LogP contribution in [0, 0.1) is 19.6 Å². The molecule has 6 nitrogen and oxygen atoms in total. The van der Waals surface area contributed by atoms with Gasteiger partial charge in [0.15, 0.2) is 0 Å². The molecule has 1 fully saturated rings. The number of carbonyl (C=O) groups is 1. The molecule has 0 heterocycles. The van der Waals surface area contributed by atoms with Gasteiger partial charge in [-0.1, -0.05) is 19.8 Å². The number of nitrogens with one attached hydrogen (secondary N) is 1. The predicted molar refractivity (Wildman–Crippen MR) is 87.4 cm³/mol. The maximum Gasteiger partial charge on any atom is 0.329 e. The Morgan fingerprint density at radius 3 is 2.81 bits per heavy atom. The number of nitro benzene ring substituents is 1. The van der Waals surface area contributed by atoms with E-state index >= 15 is 0 Å². The number of nitrogens with zero attached hydrogens (tertiary/aromatic N) is 1. The molecular weight excluding hydrogens is 387 g/mol. The zero-order chi connectivity index (χ0) is 15.6. The predicted octanol–water partition coefficient (Wildman–Crippen LogP) is 3.64. The third kappa shape index (κ3) is 3.45. The molecule has 2 N–H and O–H groups in total. The van der Waals surface area contributed by atoms with Crippen molar-refractivity contribution in [3.05, 3.63) is 31.9 Å². The monoisotopic (exact) mass is 404 g/mol. The molecule has 0 radical (unpaired) electrons. The number of rotatable bonds is 4. The molecule has 1 saturated carbocycles. The molecule has 0 spiro atoms. The molecule has 1 aliphatic carbocycles. The second kappa shape index (κ2) is 6.17. The molecule has 0 amide bonds. The lowest BCUT2D eigenvalue weighted by Gasteiger charge is -2.38. The van der Waals surface area contributed by atoms with Gasteiger partial charge in [-0.25, -0.2) is 4.79 Å². The summed E-state index contributed by atoms with van der Waals surface area (Å²) in [6.45, 7) is 2.05. The third-order valence-electron chi connectivity index (χ3n) is 3.94. The highest BCUT2D eigenvalue weighted by Gasteiger charge is 2.42. The minimum atomic E-state index is -0.978. The molecule has 114 valence electrons. The molecule has 21 heavy (non-hydrogen) atoms. The van der Waals surface area contributed by atoms with Crippen LogP contribution in [-0.4, -0.2) is 21.5 Å². The van der Waals surface area contributed by atoms with Crippen molar-refractivity contribution in [2.45, 2.75) is 38.1 Å². The average Bonchev–Trinajstić information content (AvgIpc) is 2.40. The Hall–Kier alpha value is -1.38. The van der Waals surface area contributed by atoms with Gasteiger partial charge in [-0.2, -0.15) is 0 Å². The van der Waals surface area contributed by atoms with Crippen molar-refractivity contribution in [3.8, 4) is 0 Å². The van der Waals surface area contributed by atoms with E-state index in [4.69, 9.17) is 0 Å². The molecule has 0 aliphatic heterocycles. The van der Waals surface area contributed by atoms with Crippen molar-refractivity contribution >= 4 is 39.9 Å². The number of nitro groups is 1. The number of hydrogen-bond acceptors (Lipinski definition) is 4. The summed E-state index contributed by atoms with van der Waals surface area (Å²) in [4.78, 5) is 22.0. The summed E-state index contributed by atoms with van der Waals surface area (Å²) in [6, 6.07) is 4.43. The minimum absolute atomic E-state index is 0.00587. The summed E-state index contributed by atoms with van der Waals surface area (Å²) in [6.07, 6.45) is 3.03. The second-order valence-corrected chi connectivity index (χ2v) is 6.80. The molecule has 2 atom stereocenters. The molecule has 0 bridgehead atoms. The van der Waals surface area contributed by atoms with Crippen LogP contribution in [0.25, 0.3) is 0 Å². The maximum absolute atomic E-state index is 11.7. The van der Waals surface area contributed by atoms with Gasteiger partial charge >= 0.3 is 5.97 Å². The highest BCUT2D eigenvalue weighted by atomic mass is 127. The first-order chi connectivity index (χ1) is 9.84. The van der Waals surface area contributed by atoms with Crippen LogP contribution in [-0.2, 0) is 4.79 Å². The molecule has 1 aromatic rings. The summed E-state index contributed by atoms with van der Waals surface area (Å²) >= 11 is 1.99. The highest BCUT2D eigenvalue weighted by molar-refractivity contribution is 14.1. The van der Waals surface area contributed by atoms with Crippen LogP contribution in [0.5, 0.6) is 0 Å². The van der Waals surface area contributed by atoms with Crippen LogP contribution in [0.15, 0.2) is 18.2 Å². The maximum atomic E-state index is 11.7. The second-order valence-electron chi connectivity index (χ2n) is 5.64. The number of anilines is 1. The Bertz CT molecular complexity index is 578. The van der Waals surface area contributed by atoms with Crippen molar-refractivity contribution in [3.63, 3.8) is 0 Å². The van der Waals surface area contributed by atoms with Crippen LogP contribution >= 0.6 is 22.6 Å². The summed E-state index contributed by atoms with van der Waals surface area (Å²) < 4.78 is 0.653. The number of halogens is 1. The molecule has 7 heteroatoms. The quantitative estimate of drug-likeness (QED) is 0.454. The van der Waals surface area contributed by atoms with Crippen molar-refractivity contribution in [2.75, 3.05) is 5.32 Å². The van der Waals surface area contributed by atoms with Gasteiger partial charge in [0, 0.05) is 21.4 Å². The van der Waals surface area contributed by atoms with Crippen LogP contribution in [0.4, 0.5) is 11.4 Å². The smallest absolute Gasteiger partial charge is 0.329 e. The van der Waals surface area contributed by atoms with Crippen molar-refractivity contribution < 1.29 is 14.8 Å². The van der Waals surface area contributed by atoms with Crippen molar-refractivity contribution in [1.82, 2.24) is 0 Å². The highest BCUT2D eigenvalue weighted by Crippen LogP contribution is 2.37. The number of aliphatic carboxylic acids is 1. The molecule has 2 rings (SSSR count). The number of non-ortho nitro benzene ring substituents is 1. The van der Waals surface area contributed by atoms with E-state index in [2.05, 4.69) is 12.2 Å². The standard InChI is InChI=1S/C14H17IN2O4/c1-9-3-2-6-14(8-9,13(18)19)16-12-5-4-10(17(20)21)7-11(12)15/h4-5,7,9,16H,2-3,6,8H2,1H3,(H,18,19). The lowest BCUT2D eigenvalue weighted by atomic mass is 9.76. The Labute approximate surface area is 136 Å². The fourth-order valence-electron chi connectivity index (χ4n) is 2.89. The van der Waals surface area contributed by atoms with Crippen LogP contribution in [0.1, 0.15) is 32.6 Å². The van der Waals surface area contributed by atoms with E-state index in [1.807, 2.05) is 22.6 Å². The van der Waals surface area contributed by atoms with E-state index in [9.17, 15) is 20.0 Å². The van der Waals surface area contributed by atoms with Gasteiger partial charge in [-0.3, -0.25) is 10.1 Å². The normalized spacial score (nSPS) is 25.3. The summed E-state index contributed by atoms with van der Waals surface area (Å²) in [7, 11) is 0. The van der Waals surface area contributed by atoms with E-state index in [0.717, 1.165) is 12.8 Å². The fourth-order valence-corrected chi connectivity index (χ4v) is 3.52. The van der Waals surface area contributed by atoms with E-state index < -0.39 is 16.4 Å². The number of hydrogen-bond donors (Lipinski definition) is 2. The van der Waals surface area contributed by atoms with Crippen molar-refractivity contribution in [2.24, 2.45) is 5.92 Å². The summed E-state index contributed by atoms with van der Waals surface area (Å²) in [5.41, 5.74) is -0.336. The topological polar surface area (TPSA) is 92.5 Å². The Balaban J connectivity index is 2.29. The van der Waals surface area contributed by atoms with Gasteiger partial charge in [-0.15, -0.1) is 0 Å². The zero-order valence-electron chi connectivity index (χ0n) is 11.6. The largest absolute Gasteiger partial charge is 0.480 e. The summed E-state index contributed by atoms with van der Waals surface area (Å²) in [5, 5.41) is 23.5. The van der Waals surface area contributed by atoms with Gasteiger partial charge in [0.1, 0.15) is 5.54 Å². The van der Waals surface area contributed by atoms with Gasteiger partial charge < -0.3 is 10.4 Å². The Morgan fingerprint density at radius 1 is 1.57 bits per heavy atom. The van der Waals surface area contributed by atoms with Crippen LogP contribution < -0.4 is 5.32 Å². The number of carboxylic acid groups (broad SMARTS) is 1. The molecule has 0 saturated heterocycles. The first-order valence-electron chi connectivity index (χ1n) is 6.79. The lowest BCUT2D eigenvalue weighted by molar-refractivity contribution is -0.384. The van der Waals surface area contributed by atoms with Crippen LogP contribution in [0.3, 0.4) is 0 Å². The third-order valence-corrected chi connectivity index (χ3v) is 4.84.